The number of hydrogen-bond donors (Lipinski definition) is 2. The summed E-state index contributed by atoms with van der Waals surface area (Å²) in [6, 6.07) is 7.39. The monoisotopic (exact) mass is 355 g/mol. The zero-order chi connectivity index (χ0) is 18.8. The number of aromatic nitrogens is 1. The van der Waals surface area contributed by atoms with E-state index in [4.69, 9.17) is 0 Å². The number of carbonyl (C=O) groups excluding carboxylic acids is 3. The van der Waals surface area contributed by atoms with E-state index in [0.29, 0.717) is 24.3 Å². The van der Waals surface area contributed by atoms with Gasteiger partial charge in [-0.3, -0.25) is 14.4 Å². The number of nitrogens with zero attached hydrogens (tertiary/aromatic N) is 1. The molecular weight excluding hydrogens is 330 g/mol. The van der Waals surface area contributed by atoms with Gasteiger partial charge in [-0.05, 0) is 25.8 Å². The summed E-state index contributed by atoms with van der Waals surface area (Å²) in [6.07, 6.45) is 1.59. The Hall–Kier alpha value is -2.63. The van der Waals surface area contributed by atoms with E-state index in [1.54, 1.807) is 4.90 Å². The lowest BCUT2D eigenvalue weighted by molar-refractivity contribution is -0.130. The fraction of sp³-hybridized carbons (Fsp3) is 0.450. The van der Waals surface area contributed by atoms with Gasteiger partial charge in [0.05, 0.1) is 5.56 Å². The third-order valence-electron chi connectivity index (χ3n) is 4.89. The van der Waals surface area contributed by atoms with E-state index in [0.717, 1.165) is 23.7 Å². The number of ketones is 1. The largest absolute Gasteiger partial charge is 0.358 e. The molecule has 1 fully saturated rings. The average molecular weight is 355 g/mol. The number of para-hydroxylation sites is 1. The van der Waals surface area contributed by atoms with Crippen LogP contribution in [0.5, 0.6) is 0 Å². The van der Waals surface area contributed by atoms with Gasteiger partial charge in [0.2, 0.25) is 5.91 Å². The summed E-state index contributed by atoms with van der Waals surface area (Å²) in [7, 11) is 0. The third-order valence-corrected chi connectivity index (χ3v) is 4.89. The Morgan fingerprint density at radius 2 is 1.96 bits per heavy atom. The van der Waals surface area contributed by atoms with Gasteiger partial charge in [0, 0.05) is 41.6 Å². The van der Waals surface area contributed by atoms with Gasteiger partial charge in [-0.25, -0.2) is 0 Å². The molecule has 1 aliphatic rings. The molecule has 0 unspecified atom stereocenters. The molecule has 0 bridgehead atoms. The molecule has 6 nitrogen and oxygen atoms in total. The van der Waals surface area contributed by atoms with Gasteiger partial charge >= 0.3 is 0 Å². The van der Waals surface area contributed by atoms with E-state index in [2.05, 4.69) is 10.3 Å². The zero-order valence-corrected chi connectivity index (χ0v) is 15.5. The molecule has 2 amide bonds. The number of rotatable bonds is 4. The molecule has 0 radical (unpaired) electrons. The number of piperidine rings is 1. The number of fused-ring (bicyclic) bond motifs is 1. The minimum Gasteiger partial charge on any atom is -0.358 e. The number of carbonyl (C=O) groups is 3. The maximum atomic E-state index is 12.9. The summed E-state index contributed by atoms with van der Waals surface area (Å²) >= 11 is 0. The summed E-state index contributed by atoms with van der Waals surface area (Å²) in [5, 5.41) is 3.74. The lowest BCUT2D eigenvalue weighted by Crippen LogP contribution is -2.51. The van der Waals surface area contributed by atoms with Gasteiger partial charge in [0.25, 0.3) is 11.7 Å². The SMILES string of the molecule is Cc1[nH]c2ccccc2c1C(=O)C(=O)N1CCC[C@H](NC(=O)C(C)C)C1. The second-order valence-corrected chi connectivity index (χ2v) is 7.25. The lowest BCUT2D eigenvalue weighted by Gasteiger charge is -2.33. The lowest BCUT2D eigenvalue weighted by atomic mass is 10.0. The van der Waals surface area contributed by atoms with Crippen molar-refractivity contribution in [2.75, 3.05) is 13.1 Å². The van der Waals surface area contributed by atoms with Crippen LogP contribution in [0.2, 0.25) is 0 Å². The smallest absolute Gasteiger partial charge is 0.295 e. The molecule has 0 spiro atoms. The second-order valence-electron chi connectivity index (χ2n) is 7.25. The third kappa shape index (κ3) is 3.49. The highest BCUT2D eigenvalue weighted by molar-refractivity contribution is 6.45. The van der Waals surface area contributed by atoms with Crippen molar-refractivity contribution < 1.29 is 14.4 Å². The molecule has 2 aromatic rings. The van der Waals surface area contributed by atoms with Crippen LogP contribution in [0.1, 0.15) is 42.7 Å². The predicted octanol–water partition coefficient (Wildman–Crippen LogP) is 2.42. The number of benzene rings is 1. The van der Waals surface area contributed by atoms with E-state index in [1.165, 1.54) is 0 Å². The number of aromatic amines is 1. The van der Waals surface area contributed by atoms with Crippen LogP contribution in [0.25, 0.3) is 10.9 Å². The van der Waals surface area contributed by atoms with E-state index < -0.39 is 11.7 Å². The van der Waals surface area contributed by atoms with Crippen LogP contribution < -0.4 is 5.32 Å². The van der Waals surface area contributed by atoms with Crippen LogP contribution >= 0.6 is 0 Å². The van der Waals surface area contributed by atoms with Crippen LogP contribution in [0, 0.1) is 12.8 Å². The van der Waals surface area contributed by atoms with E-state index in [9.17, 15) is 14.4 Å². The number of nitrogens with one attached hydrogen (secondary N) is 2. The van der Waals surface area contributed by atoms with Crippen molar-refractivity contribution in [3.8, 4) is 0 Å². The molecule has 1 aliphatic heterocycles. The fourth-order valence-corrected chi connectivity index (χ4v) is 3.47. The Morgan fingerprint density at radius 3 is 2.69 bits per heavy atom. The van der Waals surface area contributed by atoms with Gasteiger partial charge in [-0.2, -0.15) is 0 Å². The normalized spacial score (nSPS) is 17.5. The number of hydrogen-bond acceptors (Lipinski definition) is 3. The highest BCUT2D eigenvalue weighted by Crippen LogP contribution is 2.23. The Balaban J connectivity index is 1.76. The summed E-state index contributed by atoms with van der Waals surface area (Å²) in [4.78, 5) is 42.3. The van der Waals surface area contributed by atoms with Gasteiger partial charge < -0.3 is 15.2 Å². The molecule has 3 rings (SSSR count). The van der Waals surface area contributed by atoms with Crippen LogP contribution in [0.3, 0.4) is 0 Å². The minimum atomic E-state index is -0.499. The molecular formula is C20H25N3O3. The van der Waals surface area contributed by atoms with Crippen LogP contribution in [-0.2, 0) is 9.59 Å². The van der Waals surface area contributed by atoms with Crippen molar-refractivity contribution in [3.05, 3.63) is 35.5 Å². The van der Waals surface area contributed by atoms with Crippen molar-refractivity contribution in [2.45, 2.75) is 39.7 Å². The zero-order valence-electron chi connectivity index (χ0n) is 15.5. The molecule has 1 atom stereocenters. The molecule has 0 aliphatic carbocycles. The Bertz CT molecular complexity index is 853. The summed E-state index contributed by atoms with van der Waals surface area (Å²) in [5.74, 6) is -1.11. The molecule has 0 saturated carbocycles. The minimum absolute atomic E-state index is 0.0249. The average Bonchev–Trinajstić information content (AvgIpc) is 2.96. The van der Waals surface area contributed by atoms with Gasteiger partial charge in [-0.1, -0.05) is 32.0 Å². The van der Waals surface area contributed by atoms with Crippen molar-refractivity contribution in [1.82, 2.24) is 15.2 Å². The maximum Gasteiger partial charge on any atom is 0.295 e. The van der Waals surface area contributed by atoms with Gasteiger partial charge in [0.1, 0.15) is 0 Å². The van der Waals surface area contributed by atoms with Crippen LogP contribution in [0.4, 0.5) is 0 Å². The summed E-state index contributed by atoms with van der Waals surface area (Å²) in [6.45, 7) is 6.40. The number of aryl methyl sites for hydroxylation is 1. The molecule has 2 N–H and O–H groups in total. The Kier molecular flexibility index (Phi) is 5.11. The Labute approximate surface area is 152 Å². The highest BCUT2D eigenvalue weighted by atomic mass is 16.2. The second kappa shape index (κ2) is 7.32. The quantitative estimate of drug-likeness (QED) is 0.653. The van der Waals surface area contributed by atoms with Crippen LogP contribution in [-0.4, -0.2) is 46.6 Å². The van der Waals surface area contributed by atoms with Crippen molar-refractivity contribution in [3.63, 3.8) is 0 Å². The van der Waals surface area contributed by atoms with Crippen molar-refractivity contribution in [1.29, 1.82) is 0 Å². The summed E-state index contributed by atoms with van der Waals surface area (Å²) in [5.41, 5.74) is 1.99. The van der Waals surface area contributed by atoms with E-state index in [1.807, 2.05) is 45.0 Å². The summed E-state index contributed by atoms with van der Waals surface area (Å²) < 4.78 is 0. The fourth-order valence-electron chi connectivity index (χ4n) is 3.47. The molecule has 1 aromatic carbocycles. The number of likely N-dealkylation sites (tertiary alicyclic amines) is 1. The number of H-pyrrole nitrogens is 1. The number of amides is 2. The van der Waals surface area contributed by atoms with Crippen LogP contribution in [0.15, 0.2) is 24.3 Å². The topological polar surface area (TPSA) is 82.3 Å². The molecule has 1 aromatic heterocycles. The highest BCUT2D eigenvalue weighted by Gasteiger charge is 2.31. The molecule has 26 heavy (non-hydrogen) atoms. The first-order chi connectivity index (χ1) is 12.4. The molecule has 1 saturated heterocycles. The van der Waals surface area contributed by atoms with Crippen molar-refractivity contribution >= 4 is 28.5 Å². The first kappa shape index (κ1) is 18.2. The first-order valence-corrected chi connectivity index (χ1v) is 9.09. The molecule has 6 heteroatoms. The molecule has 2 heterocycles. The standard InChI is InChI=1S/C20H25N3O3/c1-12(2)19(25)22-14-7-6-10-23(11-14)20(26)18(24)17-13(3)21-16-9-5-4-8-15(16)17/h4-5,8-9,12,14,21H,6-7,10-11H2,1-3H3,(H,22,25)/t14-/m0/s1. The Morgan fingerprint density at radius 1 is 1.23 bits per heavy atom. The van der Waals surface area contributed by atoms with Gasteiger partial charge in [-0.15, -0.1) is 0 Å². The van der Waals surface area contributed by atoms with E-state index in [-0.39, 0.29) is 17.9 Å². The van der Waals surface area contributed by atoms with Gasteiger partial charge in [0.15, 0.2) is 0 Å². The van der Waals surface area contributed by atoms with E-state index >= 15 is 0 Å². The van der Waals surface area contributed by atoms with Crippen molar-refractivity contribution in [2.24, 2.45) is 5.92 Å². The molecule has 138 valence electrons. The first-order valence-electron chi connectivity index (χ1n) is 9.09. The predicted molar refractivity (Wildman–Crippen MR) is 99.9 cm³/mol. The maximum absolute atomic E-state index is 12.9. The number of Topliss-reactive ketones (excluding diaryl/α,β-unsaturated/α-hetero) is 1.